The van der Waals surface area contributed by atoms with Gasteiger partial charge in [-0.3, -0.25) is 4.79 Å². The van der Waals surface area contributed by atoms with E-state index in [1.807, 2.05) is 0 Å². The van der Waals surface area contributed by atoms with Gasteiger partial charge in [0.15, 0.2) is 0 Å². The monoisotopic (exact) mass is 225 g/mol. The fraction of sp³-hybridized carbons (Fsp3) is 0.889. The molecule has 0 aromatic rings. The van der Waals surface area contributed by atoms with E-state index in [-0.39, 0.29) is 6.42 Å². The van der Waals surface area contributed by atoms with Gasteiger partial charge in [0.05, 0.1) is 5.92 Å². The summed E-state index contributed by atoms with van der Waals surface area (Å²) in [6.07, 6.45) is -4.30. The molecule has 0 spiro atoms. The molecular formula is C9H14F3NO2. The first-order chi connectivity index (χ1) is 6.88. The third-order valence-electron chi connectivity index (χ3n) is 2.56. The summed E-state index contributed by atoms with van der Waals surface area (Å²) in [7, 11) is 0. The maximum absolute atomic E-state index is 11.8. The molecule has 1 saturated heterocycles. The minimum absolute atomic E-state index is 0.0514. The van der Waals surface area contributed by atoms with Crippen molar-refractivity contribution in [2.24, 2.45) is 5.92 Å². The van der Waals surface area contributed by atoms with Gasteiger partial charge in [-0.1, -0.05) is 0 Å². The van der Waals surface area contributed by atoms with E-state index in [0.29, 0.717) is 26.1 Å². The lowest BCUT2D eigenvalue weighted by Crippen LogP contribution is -2.25. The first kappa shape index (κ1) is 12.3. The molecule has 0 radical (unpaired) electrons. The molecule has 1 rings (SSSR count). The van der Waals surface area contributed by atoms with Crippen molar-refractivity contribution < 1.29 is 23.1 Å². The van der Waals surface area contributed by atoms with Gasteiger partial charge >= 0.3 is 12.1 Å². The first-order valence-corrected chi connectivity index (χ1v) is 4.90. The molecule has 1 fully saturated rings. The number of nitrogens with zero attached hydrogens (tertiary/aromatic N) is 1. The second-order valence-corrected chi connectivity index (χ2v) is 3.84. The highest BCUT2D eigenvalue weighted by Gasteiger charge is 2.30. The molecule has 0 bridgehead atoms. The quantitative estimate of drug-likeness (QED) is 0.792. The zero-order chi connectivity index (χ0) is 11.5. The second-order valence-electron chi connectivity index (χ2n) is 3.84. The third kappa shape index (κ3) is 4.51. The van der Waals surface area contributed by atoms with Crippen molar-refractivity contribution in [2.45, 2.75) is 25.4 Å². The Kier molecular flexibility index (Phi) is 3.96. The summed E-state index contributed by atoms with van der Waals surface area (Å²) in [4.78, 5) is 12.4. The molecule has 0 aromatic carbocycles. The number of carboxylic acids is 1. The summed E-state index contributed by atoms with van der Waals surface area (Å²) in [6.45, 7) is 1.31. The predicted octanol–water partition coefficient (Wildman–Crippen LogP) is 1.74. The highest BCUT2D eigenvalue weighted by molar-refractivity contribution is 5.70. The van der Waals surface area contributed by atoms with Crippen LogP contribution in [0.2, 0.25) is 0 Å². The minimum atomic E-state index is -4.11. The molecule has 88 valence electrons. The maximum Gasteiger partial charge on any atom is 0.389 e. The Morgan fingerprint density at radius 3 is 2.60 bits per heavy atom. The number of carbonyl (C=O) groups is 1. The van der Waals surface area contributed by atoms with Crippen molar-refractivity contribution in [1.82, 2.24) is 4.90 Å². The second kappa shape index (κ2) is 4.83. The van der Waals surface area contributed by atoms with Gasteiger partial charge in [-0.05, 0) is 25.9 Å². The van der Waals surface area contributed by atoms with Gasteiger partial charge < -0.3 is 10.0 Å². The van der Waals surface area contributed by atoms with Crippen molar-refractivity contribution in [3.05, 3.63) is 0 Å². The van der Waals surface area contributed by atoms with Gasteiger partial charge in [0.25, 0.3) is 0 Å². The van der Waals surface area contributed by atoms with E-state index in [1.165, 1.54) is 0 Å². The van der Waals surface area contributed by atoms with Gasteiger partial charge in [0.2, 0.25) is 0 Å². The van der Waals surface area contributed by atoms with Gasteiger partial charge in [-0.25, -0.2) is 0 Å². The standard InChI is InChI=1S/C9H14F3NO2/c10-9(11,12)3-1-4-13-5-2-7(6-13)8(14)15/h7H,1-6H2,(H,14,15). The number of likely N-dealkylation sites (tertiary alicyclic amines) is 1. The van der Waals surface area contributed by atoms with Crippen LogP contribution < -0.4 is 0 Å². The summed E-state index contributed by atoms with van der Waals surface area (Å²) in [5.41, 5.74) is 0. The van der Waals surface area contributed by atoms with E-state index in [9.17, 15) is 18.0 Å². The van der Waals surface area contributed by atoms with Gasteiger partial charge in [-0.2, -0.15) is 13.2 Å². The van der Waals surface area contributed by atoms with Gasteiger partial charge in [-0.15, -0.1) is 0 Å². The lowest BCUT2D eigenvalue weighted by Gasteiger charge is -2.15. The van der Waals surface area contributed by atoms with E-state index < -0.39 is 24.5 Å². The fourth-order valence-electron chi connectivity index (χ4n) is 1.74. The van der Waals surface area contributed by atoms with Crippen LogP contribution in [0.4, 0.5) is 13.2 Å². The van der Waals surface area contributed by atoms with Crippen molar-refractivity contribution in [2.75, 3.05) is 19.6 Å². The molecule has 15 heavy (non-hydrogen) atoms. The number of halogens is 3. The Bertz CT molecular complexity index is 230. The fourth-order valence-corrected chi connectivity index (χ4v) is 1.74. The van der Waals surface area contributed by atoms with Crippen molar-refractivity contribution in [3.8, 4) is 0 Å². The first-order valence-electron chi connectivity index (χ1n) is 4.90. The van der Waals surface area contributed by atoms with Gasteiger partial charge in [0.1, 0.15) is 0 Å². The Hall–Kier alpha value is -0.780. The van der Waals surface area contributed by atoms with Crippen LogP contribution in [0.25, 0.3) is 0 Å². The molecule has 0 saturated carbocycles. The smallest absolute Gasteiger partial charge is 0.389 e. The van der Waals surface area contributed by atoms with Crippen molar-refractivity contribution in [3.63, 3.8) is 0 Å². The molecule has 0 aromatic heterocycles. The Balaban J connectivity index is 2.17. The lowest BCUT2D eigenvalue weighted by atomic mass is 10.1. The average molecular weight is 225 g/mol. The highest BCUT2D eigenvalue weighted by Crippen LogP contribution is 2.23. The predicted molar refractivity (Wildman–Crippen MR) is 47.5 cm³/mol. The van der Waals surface area contributed by atoms with E-state index in [1.54, 1.807) is 4.90 Å². The largest absolute Gasteiger partial charge is 0.481 e. The molecular weight excluding hydrogens is 211 g/mol. The highest BCUT2D eigenvalue weighted by atomic mass is 19.4. The van der Waals surface area contributed by atoms with Crippen LogP contribution in [0, 0.1) is 5.92 Å². The van der Waals surface area contributed by atoms with Crippen molar-refractivity contribution >= 4 is 5.97 Å². The third-order valence-corrected chi connectivity index (χ3v) is 2.56. The molecule has 3 nitrogen and oxygen atoms in total. The average Bonchev–Trinajstić information content (AvgIpc) is 2.50. The zero-order valence-electron chi connectivity index (χ0n) is 8.26. The van der Waals surface area contributed by atoms with Crippen LogP contribution in [0.5, 0.6) is 0 Å². The Morgan fingerprint density at radius 2 is 2.13 bits per heavy atom. The van der Waals surface area contributed by atoms with Crippen LogP contribution in [-0.2, 0) is 4.79 Å². The normalized spacial score (nSPS) is 23.3. The Labute approximate surface area is 85.9 Å². The molecule has 1 aliphatic heterocycles. The molecule has 1 atom stereocenters. The molecule has 1 heterocycles. The number of aliphatic carboxylic acids is 1. The van der Waals surface area contributed by atoms with Crippen molar-refractivity contribution in [1.29, 1.82) is 0 Å². The van der Waals surface area contributed by atoms with Crippen LogP contribution in [-0.4, -0.2) is 41.8 Å². The lowest BCUT2D eigenvalue weighted by molar-refractivity contribution is -0.141. The maximum atomic E-state index is 11.8. The number of rotatable bonds is 4. The molecule has 0 amide bonds. The summed E-state index contributed by atoms with van der Waals surface area (Å²) in [5, 5.41) is 8.68. The SMILES string of the molecule is O=C(O)C1CCN(CCCC(F)(F)F)C1. The van der Waals surface area contributed by atoms with Crippen LogP contribution in [0.3, 0.4) is 0 Å². The summed E-state index contributed by atoms with van der Waals surface area (Å²) in [5.74, 6) is -1.26. The molecule has 6 heteroatoms. The molecule has 1 aliphatic rings. The van der Waals surface area contributed by atoms with Gasteiger partial charge in [0, 0.05) is 13.0 Å². The van der Waals surface area contributed by atoms with Crippen LogP contribution in [0.15, 0.2) is 0 Å². The van der Waals surface area contributed by atoms with E-state index in [4.69, 9.17) is 5.11 Å². The molecule has 0 aliphatic carbocycles. The summed E-state index contributed by atoms with van der Waals surface area (Å²) < 4.78 is 35.5. The number of hydrogen-bond acceptors (Lipinski definition) is 2. The molecule has 1 unspecified atom stereocenters. The Morgan fingerprint density at radius 1 is 1.47 bits per heavy atom. The number of carboxylic acid groups (broad SMARTS) is 1. The van der Waals surface area contributed by atoms with E-state index in [0.717, 1.165) is 0 Å². The zero-order valence-corrected chi connectivity index (χ0v) is 8.26. The minimum Gasteiger partial charge on any atom is -0.481 e. The molecule has 1 N–H and O–H groups in total. The van der Waals surface area contributed by atoms with Crippen LogP contribution >= 0.6 is 0 Å². The summed E-state index contributed by atoms with van der Waals surface area (Å²) in [6, 6.07) is 0. The van der Waals surface area contributed by atoms with E-state index in [2.05, 4.69) is 0 Å². The van der Waals surface area contributed by atoms with Crippen LogP contribution in [0.1, 0.15) is 19.3 Å². The number of hydrogen-bond donors (Lipinski definition) is 1. The topological polar surface area (TPSA) is 40.5 Å². The number of alkyl halides is 3. The van der Waals surface area contributed by atoms with E-state index >= 15 is 0 Å². The summed E-state index contributed by atoms with van der Waals surface area (Å²) >= 11 is 0.